The van der Waals surface area contributed by atoms with Gasteiger partial charge in [-0.3, -0.25) is 0 Å². The molecule has 0 aliphatic carbocycles. The molecule has 0 radical (unpaired) electrons. The van der Waals surface area contributed by atoms with Gasteiger partial charge in [-0.05, 0) is 43.1 Å². The molecule has 0 aliphatic heterocycles. The molecule has 2 aromatic carbocycles. The van der Waals surface area contributed by atoms with Crippen molar-refractivity contribution >= 4 is 23.2 Å². The first kappa shape index (κ1) is 26.9. The van der Waals surface area contributed by atoms with Crippen LogP contribution >= 0.6 is 23.2 Å². The van der Waals surface area contributed by atoms with Crippen LogP contribution in [0.25, 0.3) is 0 Å². The predicted octanol–water partition coefficient (Wildman–Crippen LogP) is 4.61. The largest absolute Gasteiger partial charge is 0.508 e. The summed E-state index contributed by atoms with van der Waals surface area (Å²) < 4.78 is 11.2. The zero-order chi connectivity index (χ0) is 23.2. The van der Waals surface area contributed by atoms with Crippen molar-refractivity contribution in [1.82, 2.24) is 5.32 Å². The molecule has 1 atom stereocenters. The number of unbranched alkanes of at least 4 members (excludes halogenated alkanes) is 3. The van der Waals surface area contributed by atoms with Crippen LogP contribution in [0.1, 0.15) is 48.5 Å². The average Bonchev–Trinajstić information content (AvgIpc) is 2.78. The second-order valence-corrected chi connectivity index (χ2v) is 8.36. The van der Waals surface area contributed by atoms with E-state index in [1.807, 2.05) is 6.07 Å². The number of aromatic hydroxyl groups is 1. The van der Waals surface area contributed by atoms with E-state index in [1.165, 1.54) is 6.07 Å². The highest BCUT2D eigenvalue weighted by molar-refractivity contribution is 6.35. The molecular formula is C24H33Cl2NO5. The van der Waals surface area contributed by atoms with E-state index in [9.17, 15) is 10.2 Å². The normalized spacial score (nSPS) is 12.2. The third-order valence-electron chi connectivity index (χ3n) is 5.07. The minimum atomic E-state index is -0.696. The number of rotatable bonds is 16. The molecule has 0 amide bonds. The molecule has 0 aromatic heterocycles. The topological polar surface area (TPSA) is 91.2 Å². The van der Waals surface area contributed by atoms with Gasteiger partial charge in [0.15, 0.2) is 0 Å². The fraction of sp³-hybridized carbons (Fsp3) is 0.500. The van der Waals surface area contributed by atoms with E-state index < -0.39 is 6.10 Å². The lowest BCUT2D eigenvalue weighted by molar-refractivity contribution is 0.0393. The average molecular weight is 486 g/mol. The van der Waals surface area contributed by atoms with Crippen molar-refractivity contribution in [2.24, 2.45) is 0 Å². The maximum Gasteiger partial charge on any atom is 0.121 e. The van der Waals surface area contributed by atoms with Crippen LogP contribution < -0.4 is 5.32 Å². The van der Waals surface area contributed by atoms with Crippen LogP contribution in [0.3, 0.4) is 0 Å². The third-order valence-corrected chi connectivity index (χ3v) is 5.78. The number of aliphatic hydroxyl groups excluding tert-OH is 2. The molecule has 178 valence electrons. The van der Waals surface area contributed by atoms with Crippen molar-refractivity contribution in [2.45, 2.75) is 45.0 Å². The molecular weight excluding hydrogens is 453 g/mol. The van der Waals surface area contributed by atoms with Crippen molar-refractivity contribution in [3.8, 4) is 5.75 Å². The number of phenols is 1. The Hall–Kier alpha value is -1.38. The third kappa shape index (κ3) is 9.63. The van der Waals surface area contributed by atoms with E-state index in [1.54, 1.807) is 24.3 Å². The molecule has 8 heteroatoms. The summed E-state index contributed by atoms with van der Waals surface area (Å²) in [4.78, 5) is 0. The van der Waals surface area contributed by atoms with Crippen molar-refractivity contribution in [3.63, 3.8) is 0 Å². The van der Waals surface area contributed by atoms with Gasteiger partial charge in [-0.2, -0.15) is 0 Å². The maximum absolute atomic E-state index is 10.2. The summed E-state index contributed by atoms with van der Waals surface area (Å²) >= 11 is 12.2. The molecule has 0 aliphatic rings. The smallest absolute Gasteiger partial charge is 0.121 e. The first-order chi connectivity index (χ1) is 15.5. The highest BCUT2D eigenvalue weighted by Crippen LogP contribution is 2.25. The maximum atomic E-state index is 10.2. The Morgan fingerprint density at radius 2 is 1.62 bits per heavy atom. The summed E-state index contributed by atoms with van der Waals surface area (Å²) in [5.41, 5.74) is 1.88. The first-order valence-corrected chi connectivity index (χ1v) is 11.7. The molecule has 0 saturated carbocycles. The molecule has 2 aromatic rings. The minimum absolute atomic E-state index is 0.00261. The Balaban J connectivity index is 1.41. The van der Waals surface area contributed by atoms with Crippen LogP contribution in [0, 0.1) is 0 Å². The van der Waals surface area contributed by atoms with Gasteiger partial charge in [0.25, 0.3) is 0 Å². The van der Waals surface area contributed by atoms with E-state index in [0.717, 1.165) is 37.8 Å². The van der Waals surface area contributed by atoms with Gasteiger partial charge in [-0.25, -0.2) is 0 Å². The monoisotopic (exact) mass is 485 g/mol. The van der Waals surface area contributed by atoms with Gasteiger partial charge < -0.3 is 30.1 Å². The molecule has 0 bridgehead atoms. The van der Waals surface area contributed by atoms with Crippen LogP contribution in [0.4, 0.5) is 0 Å². The van der Waals surface area contributed by atoms with Gasteiger partial charge in [0.05, 0.1) is 32.5 Å². The lowest BCUT2D eigenvalue weighted by Gasteiger charge is -2.13. The Morgan fingerprint density at radius 3 is 2.34 bits per heavy atom. The van der Waals surface area contributed by atoms with Crippen molar-refractivity contribution < 1.29 is 24.8 Å². The second-order valence-electron chi connectivity index (χ2n) is 7.55. The molecule has 6 nitrogen and oxygen atoms in total. The van der Waals surface area contributed by atoms with Crippen molar-refractivity contribution in [2.75, 3.05) is 32.9 Å². The van der Waals surface area contributed by atoms with Crippen LogP contribution in [-0.4, -0.2) is 48.2 Å². The SMILES string of the molecule is OCc1ccc(C(O)CNCCCCCCOCCOCc2c(Cl)cccc2Cl)cc1O. The Kier molecular flexibility index (Phi) is 13.0. The summed E-state index contributed by atoms with van der Waals surface area (Å²) in [5, 5.41) is 33.5. The molecule has 0 heterocycles. The Labute approximate surface area is 200 Å². The molecule has 4 N–H and O–H groups in total. The molecule has 0 spiro atoms. The van der Waals surface area contributed by atoms with Crippen molar-refractivity contribution in [1.29, 1.82) is 0 Å². The Bertz CT molecular complexity index is 786. The second kappa shape index (κ2) is 15.5. The molecule has 2 rings (SSSR count). The van der Waals surface area contributed by atoms with Gasteiger partial charge in [0.1, 0.15) is 5.75 Å². The number of halogens is 2. The van der Waals surface area contributed by atoms with Crippen LogP contribution in [0.2, 0.25) is 10.0 Å². The fourth-order valence-electron chi connectivity index (χ4n) is 3.15. The van der Waals surface area contributed by atoms with E-state index in [-0.39, 0.29) is 12.4 Å². The van der Waals surface area contributed by atoms with E-state index >= 15 is 0 Å². The molecule has 1 unspecified atom stereocenters. The lowest BCUT2D eigenvalue weighted by atomic mass is 10.1. The van der Waals surface area contributed by atoms with Crippen LogP contribution in [0.5, 0.6) is 5.75 Å². The Morgan fingerprint density at radius 1 is 0.906 bits per heavy atom. The van der Waals surface area contributed by atoms with Crippen LogP contribution in [-0.2, 0) is 22.7 Å². The lowest BCUT2D eigenvalue weighted by Crippen LogP contribution is -2.22. The highest BCUT2D eigenvalue weighted by atomic mass is 35.5. The number of ether oxygens (including phenoxy) is 2. The zero-order valence-corrected chi connectivity index (χ0v) is 19.7. The first-order valence-electron chi connectivity index (χ1n) is 10.9. The van der Waals surface area contributed by atoms with E-state index in [4.69, 9.17) is 37.8 Å². The molecule has 0 saturated heterocycles. The number of hydrogen-bond acceptors (Lipinski definition) is 6. The number of benzene rings is 2. The van der Waals surface area contributed by atoms with Gasteiger partial charge >= 0.3 is 0 Å². The minimum Gasteiger partial charge on any atom is -0.508 e. The van der Waals surface area contributed by atoms with Gasteiger partial charge in [0, 0.05) is 34.3 Å². The fourth-order valence-corrected chi connectivity index (χ4v) is 3.66. The molecule has 32 heavy (non-hydrogen) atoms. The van der Waals surface area contributed by atoms with E-state index in [0.29, 0.717) is 54.1 Å². The predicted molar refractivity (Wildman–Crippen MR) is 127 cm³/mol. The summed E-state index contributed by atoms with van der Waals surface area (Å²) in [6, 6.07) is 10.2. The number of aliphatic hydroxyl groups is 2. The van der Waals surface area contributed by atoms with E-state index in [2.05, 4.69) is 5.32 Å². The van der Waals surface area contributed by atoms with Gasteiger partial charge in [-0.1, -0.05) is 54.2 Å². The van der Waals surface area contributed by atoms with Crippen LogP contribution in [0.15, 0.2) is 36.4 Å². The summed E-state index contributed by atoms with van der Waals surface area (Å²) in [5.74, 6) is 0.00261. The quantitative estimate of drug-likeness (QED) is 0.259. The van der Waals surface area contributed by atoms with Gasteiger partial charge in [0.2, 0.25) is 0 Å². The summed E-state index contributed by atoms with van der Waals surface area (Å²) in [6.07, 6.45) is 3.48. The molecule has 0 fully saturated rings. The summed E-state index contributed by atoms with van der Waals surface area (Å²) in [7, 11) is 0. The number of hydrogen-bond donors (Lipinski definition) is 4. The summed E-state index contributed by atoms with van der Waals surface area (Å²) in [6.45, 7) is 3.12. The standard InChI is InChI=1S/C24H33Cl2NO5/c25-21-6-5-7-22(26)20(21)17-32-13-12-31-11-4-2-1-3-10-27-15-24(30)18-8-9-19(16-28)23(29)14-18/h5-9,14,24,27-30H,1-4,10-13,15-17H2. The van der Waals surface area contributed by atoms with Gasteiger partial charge in [-0.15, -0.1) is 0 Å². The van der Waals surface area contributed by atoms with Crippen molar-refractivity contribution in [3.05, 3.63) is 63.1 Å². The number of nitrogens with one attached hydrogen (secondary N) is 1. The highest BCUT2D eigenvalue weighted by Gasteiger charge is 2.10. The zero-order valence-electron chi connectivity index (χ0n) is 18.2.